The fourth-order valence-corrected chi connectivity index (χ4v) is 2.95. The highest BCUT2D eigenvalue weighted by Crippen LogP contribution is 2.29. The number of nitrogens with zero attached hydrogens (tertiary/aromatic N) is 2. The molecule has 0 fully saturated rings. The van der Waals surface area contributed by atoms with Crippen LogP contribution in [0.5, 0.6) is 0 Å². The lowest BCUT2D eigenvalue weighted by molar-refractivity contribution is 0.0902. The minimum Gasteiger partial charge on any atom is -0.396 e. The summed E-state index contributed by atoms with van der Waals surface area (Å²) in [6, 6.07) is 11.6. The van der Waals surface area contributed by atoms with Gasteiger partial charge in [0.1, 0.15) is 0 Å². The van der Waals surface area contributed by atoms with Crippen molar-refractivity contribution in [2.24, 2.45) is 5.41 Å². The first kappa shape index (κ1) is 18.2. The fraction of sp³-hybridized carbons (Fsp3) is 0.474. The molecule has 0 radical (unpaired) electrons. The summed E-state index contributed by atoms with van der Waals surface area (Å²) in [6.45, 7) is 6.82. The minimum atomic E-state index is -0.169. The van der Waals surface area contributed by atoms with Crippen LogP contribution in [0.1, 0.15) is 49.3 Å². The topological polar surface area (TPSA) is 67.2 Å². The number of carbonyl (C=O) groups excluding carboxylic acids is 1. The smallest absolute Gasteiger partial charge is 0.271 e. The van der Waals surface area contributed by atoms with Crippen molar-refractivity contribution in [2.75, 3.05) is 13.2 Å². The molecule has 0 spiro atoms. The van der Waals surface area contributed by atoms with Crippen LogP contribution in [0.3, 0.4) is 0 Å². The molecular formula is C19H27N3O2. The van der Waals surface area contributed by atoms with E-state index in [1.54, 1.807) is 10.7 Å². The summed E-state index contributed by atoms with van der Waals surface area (Å²) in [5, 5.41) is 16.7. The third-order valence-corrected chi connectivity index (χ3v) is 4.89. The Morgan fingerprint density at radius 2 is 1.92 bits per heavy atom. The van der Waals surface area contributed by atoms with Crippen LogP contribution in [0.4, 0.5) is 0 Å². The molecule has 0 bridgehead atoms. The number of rotatable bonds is 8. The number of benzene rings is 1. The van der Waals surface area contributed by atoms with Gasteiger partial charge in [-0.2, -0.15) is 5.10 Å². The van der Waals surface area contributed by atoms with Crippen molar-refractivity contribution in [1.82, 2.24) is 15.1 Å². The van der Waals surface area contributed by atoms with Gasteiger partial charge in [0.15, 0.2) is 5.69 Å². The standard InChI is InChI=1S/C19H27N3O2/c1-4-19(5-2,11-12-23)14-20-18(24)17-13-15(3)22(21-17)16-9-7-6-8-10-16/h6-10,13,23H,4-5,11-12,14H2,1-3H3,(H,20,24). The van der Waals surface area contributed by atoms with E-state index in [9.17, 15) is 9.90 Å². The van der Waals surface area contributed by atoms with E-state index in [0.29, 0.717) is 18.7 Å². The van der Waals surface area contributed by atoms with Crippen molar-refractivity contribution in [3.05, 3.63) is 47.8 Å². The van der Waals surface area contributed by atoms with Gasteiger partial charge in [0.2, 0.25) is 0 Å². The highest BCUT2D eigenvalue weighted by molar-refractivity contribution is 5.92. The first-order valence-electron chi connectivity index (χ1n) is 8.56. The number of hydrogen-bond acceptors (Lipinski definition) is 3. The molecule has 2 aromatic rings. The average Bonchev–Trinajstić information content (AvgIpc) is 3.01. The predicted molar refractivity (Wildman–Crippen MR) is 95.4 cm³/mol. The van der Waals surface area contributed by atoms with Crippen LogP contribution in [0, 0.1) is 12.3 Å². The molecule has 5 nitrogen and oxygen atoms in total. The average molecular weight is 329 g/mol. The second-order valence-corrected chi connectivity index (χ2v) is 6.28. The fourth-order valence-electron chi connectivity index (χ4n) is 2.95. The molecule has 0 saturated heterocycles. The zero-order chi connectivity index (χ0) is 17.6. The lowest BCUT2D eigenvalue weighted by Crippen LogP contribution is -2.37. The van der Waals surface area contributed by atoms with E-state index in [1.165, 1.54) is 0 Å². The summed E-state index contributed by atoms with van der Waals surface area (Å²) >= 11 is 0. The van der Waals surface area contributed by atoms with Crippen LogP contribution in [0.25, 0.3) is 5.69 Å². The molecule has 0 aliphatic rings. The van der Waals surface area contributed by atoms with E-state index in [2.05, 4.69) is 24.3 Å². The van der Waals surface area contributed by atoms with Crippen LogP contribution in [0.2, 0.25) is 0 Å². The van der Waals surface area contributed by atoms with Gasteiger partial charge in [0, 0.05) is 18.8 Å². The monoisotopic (exact) mass is 329 g/mol. The van der Waals surface area contributed by atoms with E-state index in [0.717, 1.165) is 24.2 Å². The van der Waals surface area contributed by atoms with Gasteiger partial charge in [-0.05, 0) is 49.8 Å². The molecule has 0 unspecified atom stereocenters. The van der Waals surface area contributed by atoms with Gasteiger partial charge in [-0.15, -0.1) is 0 Å². The molecule has 1 aromatic heterocycles. The molecule has 1 aromatic carbocycles. The molecule has 0 saturated carbocycles. The highest BCUT2D eigenvalue weighted by Gasteiger charge is 2.26. The second kappa shape index (κ2) is 8.11. The number of aliphatic hydroxyl groups is 1. The SMILES string of the molecule is CCC(CC)(CCO)CNC(=O)c1cc(C)n(-c2ccccc2)n1. The van der Waals surface area contributed by atoms with Crippen LogP contribution >= 0.6 is 0 Å². The number of amides is 1. The van der Waals surface area contributed by atoms with Crippen LogP contribution in [0.15, 0.2) is 36.4 Å². The van der Waals surface area contributed by atoms with E-state index in [4.69, 9.17) is 0 Å². The summed E-state index contributed by atoms with van der Waals surface area (Å²) in [5.41, 5.74) is 2.22. The van der Waals surface area contributed by atoms with Gasteiger partial charge in [0.25, 0.3) is 5.91 Å². The maximum absolute atomic E-state index is 12.5. The Bertz CT molecular complexity index is 661. The van der Waals surface area contributed by atoms with Crippen molar-refractivity contribution < 1.29 is 9.90 Å². The molecule has 2 N–H and O–H groups in total. The minimum absolute atomic E-state index is 0.0541. The lowest BCUT2D eigenvalue weighted by Gasteiger charge is -2.31. The van der Waals surface area contributed by atoms with Gasteiger partial charge < -0.3 is 10.4 Å². The third kappa shape index (κ3) is 4.03. The summed E-state index contributed by atoms with van der Waals surface area (Å²) < 4.78 is 1.77. The van der Waals surface area contributed by atoms with Gasteiger partial charge in [-0.25, -0.2) is 4.68 Å². The zero-order valence-corrected chi connectivity index (χ0v) is 14.7. The number of carbonyl (C=O) groups is 1. The lowest BCUT2D eigenvalue weighted by atomic mass is 9.79. The van der Waals surface area contributed by atoms with Gasteiger partial charge >= 0.3 is 0 Å². The number of aliphatic hydroxyl groups excluding tert-OH is 1. The van der Waals surface area contributed by atoms with E-state index < -0.39 is 0 Å². The molecular weight excluding hydrogens is 302 g/mol. The number of aryl methyl sites for hydroxylation is 1. The highest BCUT2D eigenvalue weighted by atomic mass is 16.3. The van der Waals surface area contributed by atoms with Gasteiger partial charge in [-0.3, -0.25) is 4.79 Å². The molecule has 2 rings (SSSR count). The molecule has 24 heavy (non-hydrogen) atoms. The number of aromatic nitrogens is 2. The largest absolute Gasteiger partial charge is 0.396 e. The Morgan fingerprint density at radius 3 is 2.50 bits per heavy atom. The van der Waals surface area contributed by atoms with Gasteiger partial charge in [-0.1, -0.05) is 32.0 Å². The van der Waals surface area contributed by atoms with Crippen molar-refractivity contribution in [3.63, 3.8) is 0 Å². The normalized spacial score (nSPS) is 11.5. The molecule has 130 valence electrons. The maximum Gasteiger partial charge on any atom is 0.271 e. The Balaban J connectivity index is 2.11. The zero-order valence-electron chi connectivity index (χ0n) is 14.7. The molecule has 1 heterocycles. The molecule has 0 aliphatic heterocycles. The van der Waals surface area contributed by atoms with E-state index in [-0.39, 0.29) is 17.9 Å². The summed E-state index contributed by atoms with van der Waals surface area (Å²) in [4.78, 5) is 12.5. The molecule has 1 amide bonds. The summed E-state index contributed by atoms with van der Waals surface area (Å²) in [7, 11) is 0. The van der Waals surface area contributed by atoms with Crippen LogP contribution < -0.4 is 5.32 Å². The third-order valence-electron chi connectivity index (χ3n) is 4.89. The van der Waals surface area contributed by atoms with Crippen molar-refractivity contribution in [1.29, 1.82) is 0 Å². The Kier molecular flexibility index (Phi) is 6.15. The predicted octanol–water partition coefficient (Wildman–Crippen LogP) is 3.10. The Morgan fingerprint density at radius 1 is 1.25 bits per heavy atom. The van der Waals surface area contributed by atoms with Gasteiger partial charge in [0.05, 0.1) is 5.69 Å². The number of hydrogen-bond donors (Lipinski definition) is 2. The van der Waals surface area contributed by atoms with Crippen molar-refractivity contribution in [2.45, 2.75) is 40.0 Å². The first-order chi connectivity index (χ1) is 11.5. The number of nitrogens with one attached hydrogen (secondary N) is 1. The Labute approximate surface area is 143 Å². The van der Waals surface area contributed by atoms with Crippen molar-refractivity contribution >= 4 is 5.91 Å². The molecule has 0 aliphatic carbocycles. The second-order valence-electron chi connectivity index (χ2n) is 6.28. The van der Waals surface area contributed by atoms with Crippen LogP contribution in [-0.4, -0.2) is 33.9 Å². The maximum atomic E-state index is 12.5. The number of para-hydroxylation sites is 1. The van der Waals surface area contributed by atoms with Crippen LogP contribution in [-0.2, 0) is 0 Å². The summed E-state index contributed by atoms with van der Waals surface area (Å²) in [6.07, 6.45) is 2.53. The Hall–Kier alpha value is -2.14. The van der Waals surface area contributed by atoms with Crippen molar-refractivity contribution in [3.8, 4) is 5.69 Å². The quantitative estimate of drug-likeness (QED) is 0.782. The molecule has 5 heteroatoms. The first-order valence-corrected chi connectivity index (χ1v) is 8.56. The van der Waals surface area contributed by atoms with E-state index >= 15 is 0 Å². The van der Waals surface area contributed by atoms with E-state index in [1.807, 2.05) is 37.3 Å². The molecule has 0 atom stereocenters. The summed E-state index contributed by atoms with van der Waals surface area (Å²) in [5.74, 6) is -0.169.